The van der Waals surface area contributed by atoms with E-state index in [4.69, 9.17) is 9.15 Å². The summed E-state index contributed by atoms with van der Waals surface area (Å²) in [6.45, 7) is 11.6. The highest BCUT2D eigenvalue weighted by Crippen LogP contribution is 2.30. The minimum atomic E-state index is 0.216. The van der Waals surface area contributed by atoms with E-state index in [0.29, 0.717) is 12.5 Å². The van der Waals surface area contributed by atoms with E-state index in [2.05, 4.69) is 36.6 Å². The van der Waals surface area contributed by atoms with Crippen LogP contribution in [0.5, 0.6) is 0 Å². The van der Waals surface area contributed by atoms with Crippen molar-refractivity contribution < 1.29 is 13.9 Å². The lowest BCUT2D eigenvalue weighted by molar-refractivity contribution is -0.133. The van der Waals surface area contributed by atoms with Crippen LogP contribution in [0.15, 0.2) is 16.7 Å². The summed E-state index contributed by atoms with van der Waals surface area (Å²) in [5.74, 6) is 0.216. The van der Waals surface area contributed by atoms with Crippen molar-refractivity contribution in [2.45, 2.75) is 46.1 Å². The fourth-order valence-electron chi connectivity index (χ4n) is 4.61. The van der Waals surface area contributed by atoms with Gasteiger partial charge in [0, 0.05) is 43.2 Å². The van der Waals surface area contributed by atoms with Crippen LogP contribution in [0.1, 0.15) is 35.1 Å². The number of nitrogens with zero attached hydrogens (tertiary/aromatic N) is 2. The van der Waals surface area contributed by atoms with Gasteiger partial charge < -0.3 is 14.1 Å². The molecule has 0 spiro atoms. The number of carbonyl (C=O) groups is 1. The van der Waals surface area contributed by atoms with Crippen molar-refractivity contribution in [2.75, 3.05) is 39.4 Å². The van der Waals surface area contributed by atoms with Crippen LogP contribution in [-0.4, -0.2) is 61.1 Å². The maximum absolute atomic E-state index is 13.0. The number of carbonyl (C=O) groups excluding carboxylic acids is 1. The molecule has 4 rings (SSSR count). The van der Waals surface area contributed by atoms with Crippen LogP contribution in [0.4, 0.5) is 0 Å². The van der Waals surface area contributed by atoms with E-state index in [9.17, 15) is 4.79 Å². The summed E-state index contributed by atoms with van der Waals surface area (Å²) in [5.41, 5.74) is 5.54. The number of furan rings is 1. The summed E-state index contributed by atoms with van der Waals surface area (Å²) < 4.78 is 11.3. The van der Waals surface area contributed by atoms with E-state index >= 15 is 0 Å². The smallest absolute Gasteiger partial charge is 0.227 e. The summed E-state index contributed by atoms with van der Waals surface area (Å²) in [4.78, 5) is 17.6. The third kappa shape index (κ3) is 3.63. The first kappa shape index (κ1) is 18.5. The molecule has 2 aliphatic heterocycles. The SMILES string of the molecule is Cc1cc(C)c2c(CC(=O)N3CCC[C@H](N4CCOCC4)C3)coc2c1C. The number of aryl methyl sites for hydroxylation is 3. The van der Waals surface area contributed by atoms with Gasteiger partial charge in [-0.25, -0.2) is 0 Å². The lowest BCUT2D eigenvalue weighted by Gasteiger charge is -2.40. The van der Waals surface area contributed by atoms with Crippen molar-refractivity contribution in [3.63, 3.8) is 0 Å². The highest BCUT2D eigenvalue weighted by atomic mass is 16.5. The second-order valence-electron chi connectivity index (χ2n) is 8.06. The predicted molar refractivity (Wildman–Crippen MR) is 106 cm³/mol. The average molecular weight is 370 g/mol. The number of rotatable bonds is 3. The third-order valence-corrected chi connectivity index (χ3v) is 6.28. The van der Waals surface area contributed by atoms with Crippen LogP contribution in [0.2, 0.25) is 0 Å². The maximum atomic E-state index is 13.0. The molecule has 0 saturated carbocycles. The van der Waals surface area contributed by atoms with Gasteiger partial charge in [-0.3, -0.25) is 9.69 Å². The second-order valence-corrected chi connectivity index (χ2v) is 8.06. The second kappa shape index (κ2) is 7.64. The number of hydrogen-bond acceptors (Lipinski definition) is 4. The fraction of sp³-hybridized carbons (Fsp3) is 0.591. The molecule has 0 radical (unpaired) electrons. The van der Waals surface area contributed by atoms with Gasteiger partial charge in [0.15, 0.2) is 0 Å². The molecule has 0 aliphatic carbocycles. The van der Waals surface area contributed by atoms with E-state index in [1.807, 2.05) is 0 Å². The largest absolute Gasteiger partial charge is 0.464 e. The summed E-state index contributed by atoms with van der Waals surface area (Å²) in [7, 11) is 0. The number of likely N-dealkylation sites (tertiary alicyclic amines) is 1. The third-order valence-electron chi connectivity index (χ3n) is 6.28. The Morgan fingerprint density at radius 2 is 1.93 bits per heavy atom. The van der Waals surface area contributed by atoms with E-state index in [1.165, 1.54) is 23.1 Å². The van der Waals surface area contributed by atoms with Gasteiger partial charge >= 0.3 is 0 Å². The van der Waals surface area contributed by atoms with Gasteiger partial charge in [-0.2, -0.15) is 0 Å². The van der Waals surface area contributed by atoms with Gasteiger partial charge in [0.1, 0.15) is 5.58 Å². The van der Waals surface area contributed by atoms with Gasteiger partial charge in [0.25, 0.3) is 0 Å². The van der Waals surface area contributed by atoms with Gasteiger partial charge in [-0.15, -0.1) is 0 Å². The van der Waals surface area contributed by atoms with Gasteiger partial charge in [0.05, 0.1) is 25.9 Å². The van der Waals surface area contributed by atoms with E-state index in [0.717, 1.165) is 62.3 Å². The van der Waals surface area contributed by atoms with Crippen LogP contribution in [0.25, 0.3) is 11.0 Å². The first-order valence-electron chi connectivity index (χ1n) is 10.1. The zero-order valence-electron chi connectivity index (χ0n) is 16.7. The molecule has 1 aromatic heterocycles. The van der Waals surface area contributed by atoms with Gasteiger partial charge in [-0.1, -0.05) is 6.07 Å². The van der Waals surface area contributed by atoms with Crippen LogP contribution >= 0.6 is 0 Å². The predicted octanol–water partition coefficient (Wildman–Crippen LogP) is 3.22. The van der Waals surface area contributed by atoms with Crippen molar-refractivity contribution in [3.05, 3.63) is 34.6 Å². The van der Waals surface area contributed by atoms with Crippen molar-refractivity contribution in [3.8, 4) is 0 Å². The molecule has 0 unspecified atom stereocenters. The van der Waals surface area contributed by atoms with E-state index < -0.39 is 0 Å². The molecule has 1 atom stereocenters. The number of hydrogen-bond donors (Lipinski definition) is 0. The topological polar surface area (TPSA) is 45.9 Å². The molecule has 27 heavy (non-hydrogen) atoms. The Morgan fingerprint density at radius 1 is 1.15 bits per heavy atom. The zero-order chi connectivity index (χ0) is 19.0. The van der Waals surface area contributed by atoms with Crippen molar-refractivity contribution in [1.82, 2.24) is 9.80 Å². The first-order valence-corrected chi connectivity index (χ1v) is 10.1. The molecule has 146 valence electrons. The molecule has 0 N–H and O–H groups in total. The number of morpholine rings is 1. The van der Waals surface area contributed by atoms with Crippen LogP contribution in [-0.2, 0) is 16.0 Å². The number of fused-ring (bicyclic) bond motifs is 1. The number of benzene rings is 1. The summed E-state index contributed by atoms with van der Waals surface area (Å²) in [5, 5.41) is 1.12. The van der Waals surface area contributed by atoms with Crippen molar-refractivity contribution in [1.29, 1.82) is 0 Å². The molecule has 1 aromatic carbocycles. The van der Waals surface area contributed by atoms with E-state index in [1.54, 1.807) is 6.26 Å². The Labute approximate surface area is 161 Å². The standard InChI is InChI=1S/C22H30N2O3/c1-15-11-16(2)21-18(14-27-22(21)17(15)3)12-20(25)24-6-4-5-19(13-24)23-7-9-26-10-8-23/h11,14,19H,4-10,12-13H2,1-3H3/t19-/m0/s1. The lowest BCUT2D eigenvalue weighted by atomic mass is 9.98. The number of piperidine rings is 1. The quantitative estimate of drug-likeness (QED) is 0.832. The molecule has 5 heteroatoms. The minimum absolute atomic E-state index is 0.216. The monoisotopic (exact) mass is 370 g/mol. The van der Waals surface area contributed by atoms with E-state index in [-0.39, 0.29) is 5.91 Å². The molecule has 2 aliphatic rings. The minimum Gasteiger partial charge on any atom is -0.464 e. The molecular formula is C22H30N2O3. The number of ether oxygens (including phenoxy) is 1. The number of amides is 1. The van der Waals surface area contributed by atoms with Gasteiger partial charge in [-0.05, 0) is 50.3 Å². The van der Waals surface area contributed by atoms with Gasteiger partial charge in [0.2, 0.25) is 5.91 Å². The van der Waals surface area contributed by atoms with Crippen LogP contribution in [0, 0.1) is 20.8 Å². The molecular weight excluding hydrogens is 340 g/mol. The fourth-order valence-corrected chi connectivity index (χ4v) is 4.61. The normalized spacial score (nSPS) is 21.7. The van der Waals surface area contributed by atoms with Crippen molar-refractivity contribution in [2.24, 2.45) is 0 Å². The Balaban J connectivity index is 1.49. The van der Waals surface area contributed by atoms with Crippen LogP contribution < -0.4 is 0 Å². The zero-order valence-corrected chi connectivity index (χ0v) is 16.7. The van der Waals surface area contributed by atoms with Crippen molar-refractivity contribution >= 4 is 16.9 Å². The summed E-state index contributed by atoms with van der Waals surface area (Å²) in [6.07, 6.45) is 4.46. The molecule has 2 fully saturated rings. The van der Waals surface area contributed by atoms with Crippen LogP contribution in [0.3, 0.4) is 0 Å². The summed E-state index contributed by atoms with van der Waals surface area (Å²) in [6, 6.07) is 2.66. The highest BCUT2D eigenvalue weighted by molar-refractivity contribution is 5.92. The lowest BCUT2D eigenvalue weighted by Crippen LogP contribution is -2.53. The summed E-state index contributed by atoms with van der Waals surface area (Å²) >= 11 is 0. The highest BCUT2D eigenvalue weighted by Gasteiger charge is 2.29. The molecule has 2 aromatic rings. The Morgan fingerprint density at radius 3 is 2.70 bits per heavy atom. The molecule has 1 amide bonds. The molecule has 3 heterocycles. The Hall–Kier alpha value is -1.85. The maximum Gasteiger partial charge on any atom is 0.227 e. The molecule has 5 nitrogen and oxygen atoms in total. The Kier molecular flexibility index (Phi) is 5.24. The Bertz CT molecular complexity index is 836. The molecule has 2 saturated heterocycles. The molecule has 0 bridgehead atoms. The first-order chi connectivity index (χ1) is 13.0. The average Bonchev–Trinajstić information content (AvgIpc) is 3.11.